The van der Waals surface area contributed by atoms with Crippen molar-refractivity contribution in [2.45, 2.75) is 26.2 Å². The fourth-order valence-electron chi connectivity index (χ4n) is 2.22. The summed E-state index contributed by atoms with van der Waals surface area (Å²) in [5.41, 5.74) is 1.80. The van der Waals surface area contributed by atoms with Crippen LogP contribution in [0.1, 0.15) is 23.2 Å². The number of rotatable bonds is 8. The third-order valence-electron chi connectivity index (χ3n) is 3.43. The van der Waals surface area contributed by atoms with E-state index in [1.54, 1.807) is 0 Å². The SMILES string of the molecule is CCc1nc(CC(=O)N(CCc2ccccc2)CC(=O)O)cs1. The molecule has 23 heavy (non-hydrogen) atoms. The molecule has 0 unspecified atom stereocenters. The van der Waals surface area contributed by atoms with Crippen molar-refractivity contribution >= 4 is 23.2 Å². The first-order chi connectivity index (χ1) is 11.1. The van der Waals surface area contributed by atoms with Crippen molar-refractivity contribution in [1.29, 1.82) is 0 Å². The van der Waals surface area contributed by atoms with E-state index >= 15 is 0 Å². The maximum absolute atomic E-state index is 12.4. The van der Waals surface area contributed by atoms with E-state index in [-0.39, 0.29) is 18.9 Å². The lowest BCUT2D eigenvalue weighted by atomic mass is 10.1. The summed E-state index contributed by atoms with van der Waals surface area (Å²) in [6.07, 6.45) is 1.63. The predicted octanol–water partition coefficient (Wildman–Crippen LogP) is 2.40. The van der Waals surface area contributed by atoms with E-state index in [2.05, 4.69) is 4.98 Å². The number of hydrogen-bond donors (Lipinski definition) is 1. The molecule has 1 aromatic heterocycles. The molecule has 0 spiro atoms. The van der Waals surface area contributed by atoms with E-state index in [0.29, 0.717) is 18.7 Å². The van der Waals surface area contributed by atoms with Crippen LogP contribution >= 0.6 is 11.3 Å². The third-order valence-corrected chi connectivity index (χ3v) is 4.47. The molecule has 6 heteroatoms. The number of aliphatic carboxylic acids is 1. The maximum Gasteiger partial charge on any atom is 0.323 e. The van der Waals surface area contributed by atoms with Crippen molar-refractivity contribution in [3.63, 3.8) is 0 Å². The molecule has 122 valence electrons. The molecule has 0 aliphatic heterocycles. The van der Waals surface area contributed by atoms with E-state index in [1.165, 1.54) is 16.2 Å². The summed E-state index contributed by atoms with van der Waals surface area (Å²) in [4.78, 5) is 29.2. The van der Waals surface area contributed by atoms with E-state index < -0.39 is 5.97 Å². The Hall–Kier alpha value is -2.21. The van der Waals surface area contributed by atoms with Crippen molar-refractivity contribution < 1.29 is 14.7 Å². The summed E-state index contributed by atoms with van der Waals surface area (Å²) in [6, 6.07) is 9.73. The topological polar surface area (TPSA) is 70.5 Å². The van der Waals surface area contributed by atoms with Gasteiger partial charge in [-0.3, -0.25) is 9.59 Å². The summed E-state index contributed by atoms with van der Waals surface area (Å²) in [6.45, 7) is 2.12. The summed E-state index contributed by atoms with van der Waals surface area (Å²) < 4.78 is 0. The average molecular weight is 332 g/mol. The van der Waals surface area contributed by atoms with Crippen LogP contribution in [-0.2, 0) is 28.9 Å². The number of aryl methyl sites for hydroxylation is 1. The Labute approximate surface area is 139 Å². The first kappa shape index (κ1) is 17.1. The van der Waals surface area contributed by atoms with Crippen LogP contribution in [0.15, 0.2) is 35.7 Å². The van der Waals surface area contributed by atoms with Crippen LogP contribution < -0.4 is 0 Å². The second-order valence-corrected chi connectivity index (χ2v) is 6.15. The molecule has 1 aromatic carbocycles. The zero-order chi connectivity index (χ0) is 16.7. The van der Waals surface area contributed by atoms with Crippen LogP contribution in [0.4, 0.5) is 0 Å². The second kappa shape index (κ2) is 8.43. The number of carbonyl (C=O) groups excluding carboxylic acids is 1. The highest BCUT2D eigenvalue weighted by Crippen LogP contribution is 2.12. The average Bonchev–Trinajstić information content (AvgIpc) is 2.99. The molecular weight excluding hydrogens is 312 g/mol. The number of hydrogen-bond acceptors (Lipinski definition) is 4. The number of carbonyl (C=O) groups is 2. The number of carboxylic acids is 1. The Morgan fingerprint density at radius 2 is 2.00 bits per heavy atom. The summed E-state index contributed by atoms with van der Waals surface area (Å²) in [5.74, 6) is -1.20. The lowest BCUT2D eigenvalue weighted by Gasteiger charge is -2.20. The molecule has 0 aliphatic carbocycles. The molecule has 1 heterocycles. The Morgan fingerprint density at radius 1 is 1.26 bits per heavy atom. The number of amides is 1. The highest BCUT2D eigenvalue weighted by molar-refractivity contribution is 7.09. The van der Waals surface area contributed by atoms with Gasteiger partial charge in [0.05, 0.1) is 17.1 Å². The van der Waals surface area contributed by atoms with Crippen molar-refractivity contribution in [2.75, 3.05) is 13.1 Å². The standard InChI is InChI=1S/C17H20N2O3S/c1-2-15-18-14(12-23-15)10-16(20)19(11-17(21)22)9-8-13-6-4-3-5-7-13/h3-7,12H,2,8-11H2,1H3,(H,21,22). The molecule has 0 aliphatic rings. The minimum Gasteiger partial charge on any atom is -0.480 e. The van der Waals surface area contributed by atoms with Gasteiger partial charge in [-0.1, -0.05) is 37.3 Å². The minimum atomic E-state index is -1.00. The number of thiazole rings is 1. The minimum absolute atomic E-state index is 0.151. The van der Waals surface area contributed by atoms with Gasteiger partial charge in [-0.05, 0) is 18.4 Å². The van der Waals surface area contributed by atoms with Crippen molar-refractivity contribution in [2.24, 2.45) is 0 Å². The molecule has 0 radical (unpaired) electrons. The normalized spacial score (nSPS) is 10.5. The molecule has 0 atom stereocenters. The number of carboxylic acid groups (broad SMARTS) is 1. The monoisotopic (exact) mass is 332 g/mol. The molecular formula is C17H20N2O3S. The van der Waals surface area contributed by atoms with Gasteiger partial charge in [0.15, 0.2) is 0 Å². The van der Waals surface area contributed by atoms with Gasteiger partial charge in [-0.2, -0.15) is 0 Å². The molecule has 5 nitrogen and oxygen atoms in total. The van der Waals surface area contributed by atoms with Gasteiger partial charge in [0, 0.05) is 11.9 Å². The van der Waals surface area contributed by atoms with Gasteiger partial charge in [-0.25, -0.2) is 4.98 Å². The highest BCUT2D eigenvalue weighted by Gasteiger charge is 2.18. The number of benzene rings is 1. The lowest BCUT2D eigenvalue weighted by Crippen LogP contribution is -2.38. The third kappa shape index (κ3) is 5.49. The quantitative estimate of drug-likeness (QED) is 0.806. The molecule has 2 aromatic rings. The van der Waals surface area contributed by atoms with Gasteiger partial charge < -0.3 is 10.0 Å². The van der Waals surface area contributed by atoms with Crippen LogP contribution in [0.25, 0.3) is 0 Å². The molecule has 0 bridgehead atoms. The Balaban J connectivity index is 1.98. The van der Waals surface area contributed by atoms with E-state index in [4.69, 9.17) is 5.11 Å². The zero-order valence-electron chi connectivity index (χ0n) is 13.1. The maximum atomic E-state index is 12.4. The fourth-order valence-corrected chi connectivity index (χ4v) is 2.97. The van der Waals surface area contributed by atoms with Gasteiger partial charge in [-0.15, -0.1) is 11.3 Å². The Bertz CT molecular complexity index is 655. The van der Waals surface area contributed by atoms with Crippen LogP contribution in [0.3, 0.4) is 0 Å². The van der Waals surface area contributed by atoms with Crippen LogP contribution in [0.2, 0.25) is 0 Å². The molecule has 0 saturated heterocycles. The second-order valence-electron chi connectivity index (χ2n) is 5.21. The molecule has 1 N–H and O–H groups in total. The lowest BCUT2D eigenvalue weighted by molar-refractivity contribution is -0.144. The smallest absolute Gasteiger partial charge is 0.323 e. The first-order valence-corrected chi connectivity index (χ1v) is 8.43. The largest absolute Gasteiger partial charge is 0.480 e. The van der Waals surface area contributed by atoms with Crippen LogP contribution in [0.5, 0.6) is 0 Å². The summed E-state index contributed by atoms with van der Waals surface area (Å²) in [7, 11) is 0. The van der Waals surface area contributed by atoms with E-state index in [0.717, 1.165) is 17.0 Å². The first-order valence-electron chi connectivity index (χ1n) is 7.55. The fraction of sp³-hybridized carbons (Fsp3) is 0.353. The van der Waals surface area contributed by atoms with Gasteiger partial charge in [0.25, 0.3) is 0 Å². The summed E-state index contributed by atoms with van der Waals surface area (Å²) >= 11 is 1.53. The summed E-state index contributed by atoms with van der Waals surface area (Å²) in [5, 5.41) is 11.9. The van der Waals surface area contributed by atoms with Gasteiger partial charge in [0.2, 0.25) is 5.91 Å². The van der Waals surface area contributed by atoms with Crippen LogP contribution in [0, 0.1) is 0 Å². The van der Waals surface area contributed by atoms with Crippen LogP contribution in [-0.4, -0.2) is 40.0 Å². The van der Waals surface area contributed by atoms with E-state index in [9.17, 15) is 9.59 Å². The van der Waals surface area contributed by atoms with Crippen molar-refractivity contribution in [3.8, 4) is 0 Å². The van der Waals surface area contributed by atoms with E-state index in [1.807, 2.05) is 42.6 Å². The number of aromatic nitrogens is 1. The highest BCUT2D eigenvalue weighted by atomic mass is 32.1. The zero-order valence-corrected chi connectivity index (χ0v) is 13.9. The molecule has 0 fully saturated rings. The number of nitrogens with zero attached hydrogens (tertiary/aromatic N) is 2. The molecule has 2 rings (SSSR count). The van der Waals surface area contributed by atoms with Crippen molar-refractivity contribution in [3.05, 3.63) is 52.0 Å². The van der Waals surface area contributed by atoms with Gasteiger partial charge >= 0.3 is 5.97 Å². The van der Waals surface area contributed by atoms with Crippen molar-refractivity contribution in [1.82, 2.24) is 9.88 Å². The Morgan fingerprint density at radius 3 is 2.61 bits per heavy atom. The molecule has 0 saturated carbocycles. The van der Waals surface area contributed by atoms with Gasteiger partial charge in [0.1, 0.15) is 6.54 Å². The molecule has 1 amide bonds. The Kier molecular flexibility index (Phi) is 6.29. The predicted molar refractivity (Wildman–Crippen MR) is 89.6 cm³/mol.